The van der Waals surface area contributed by atoms with Crippen LogP contribution in [0.3, 0.4) is 0 Å². The maximum atomic E-state index is 12.6. The van der Waals surface area contributed by atoms with E-state index in [0.29, 0.717) is 0 Å². The number of rotatable bonds is 5. The number of benzene rings is 2. The first kappa shape index (κ1) is 21.4. The minimum absolute atomic E-state index is 0.0510. The summed E-state index contributed by atoms with van der Waals surface area (Å²) in [6.07, 6.45) is -5.74. The third kappa shape index (κ3) is 5.54. The zero-order valence-corrected chi connectivity index (χ0v) is 16.0. The van der Waals surface area contributed by atoms with Crippen LogP contribution in [0.1, 0.15) is 43.6 Å². The average Bonchev–Trinajstić information content (AvgIpc) is 2.58. The molecule has 0 amide bonds. The van der Waals surface area contributed by atoms with Crippen LogP contribution in [0.4, 0.5) is 13.2 Å². The van der Waals surface area contributed by atoms with Gasteiger partial charge in [0.1, 0.15) is 0 Å². The van der Waals surface area contributed by atoms with Crippen molar-refractivity contribution in [2.45, 2.75) is 43.4 Å². The van der Waals surface area contributed by atoms with E-state index in [2.05, 4.69) is 4.72 Å². The van der Waals surface area contributed by atoms with Crippen LogP contribution in [-0.2, 0) is 21.6 Å². The highest BCUT2D eigenvalue weighted by molar-refractivity contribution is 7.89. The Kier molecular flexibility index (Phi) is 6.03. The first-order valence-electron chi connectivity index (χ1n) is 8.26. The Morgan fingerprint density at radius 2 is 1.41 bits per heavy atom. The summed E-state index contributed by atoms with van der Waals surface area (Å²) in [5.41, 5.74) is 0.215. The lowest BCUT2D eigenvalue weighted by Gasteiger charge is -2.19. The van der Waals surface area contributed by atoms with E-state index in [1.54, 1.807) is 12.1 Å². The summed E-state index contributed by atoms with van der Waals surface area (Å²) in [6, 6.07) is 10.3. The number of halogens is 3. The van der Waals surface area contributed by atoms with Crippen molar-refractivity contribution in [2.75, 3.05) is 6.54 Å². The van der Waals surface area contributed by atoms with E-state index in [1.165, 1.54) is 12.1 Å². The topological polar surface area (TPSA) is 66.4 Å². The van der Waals surface area contributed by atoms with Crippen LogP contribution >= 0.6 is 0 Å². The van der Waals surface area contributed by atoms with Crippen molar-refractivity contribution in [2.24, 2.45) is 0 Å². The molecule has 2 aromatic rings. The van der Waals surface area contributed by atoms with Gasteiger partial charge in [0.2, 0.25) is 10.0 Å². The first-order chi connectivity index (χ1) is 12.3. The minimum atomic E-state index is -4.47. The lowest BCUT2D eigenvalue weighted by molar-refractivity contribution is -0.137. The van der Waals surface area contributed by atoms with Gasteiger partial charge in [-0.1, -0.05) is 45.0 Å². The highest BCUT2D eigenvalue weighted by Crippen LogP contribution is 2.30. The predicted octanol–water partition coefficient (Wildman–Crippen LogP) is 4.01. The molecule has 0 bridgehead atoms. The molecular weight excluding hydrogens is 379 g/mol. The Morgan fingerprint density at radius 3 is 1.85 bits per heavy atom. The number of nitrogens with one attached hydrogen (secondary N) is 1. The normalized spacial score (nSPS) is 14.2. The fourth-order valence-electron chi connectivity index (χ4n) is 2.42. The Balaban J connectivity index is 2.06. The van der Waals surface area contributed by atoms with Gasteiger partial charge in [0.25, 0.3) is 0 Å². The molecule has 4 nitrogen and oxygen atoms in total. The molecule has 0 saturated heterocycles. The Morgan fingerprint density at radius 1 is 0.926 bits per heavy atom. The lowest BCUT2D eigenvalue weighted by atomic mass is 9.87. The molecular formula is C19H22F3NO3S. The summed E-state index contributed by atoms with van der Waals surface area (Å²) in [6.45, 7) is 5.67. The van der Waals surface area contributed by atoms with Crippen LogP contribution in [0.5, 0.6) is 0 Å². The van der Waals surface area contributed by atoms with Crippen molar-refractivity contribution in [3.05, 3.63) is 65.2 Å². The third-order valence-electron chi connectivity index (χ3n) is 4.12. The summed E-state index contributed by atoms with van der Waals surface area (Å²) in [7, 11) is -3.85. The molecule has 0 heterocycles. The molecule has 0 saturated carbocycles. The number of hydrogen-bond donors (Lipinski definition) is 2. The molecule has 0 fully saturated rings. The molecule has 1 unspecified atom stereocenters. The zero-order valence-electron chi connectivity index (χ0n) is 15.2. The Labute approximate surface area is 157 Å². The number of aliphatic hydroxyl groups excluding tert-OH is 1. The summed E-state index contributed by atoms with van der Waals surface area (Å²) in [4.78, 5) is 0.0510. The molecule has 0 spiro atoms. The largest absolute Gasteiger partial charge is 0.416 e. The van der Waals surface area contributed by atoms with E-state index in [1.807, 2.05) is 20.8 Å². The highest BCUT2D eigenvalue weighted by Gasteiger charge is 2.30. The summed E-state index contributed by atoms with van der Waals surface area (Å²) in [5.74, 6) is 0. The second kappa shape index (κ2) is 7.61. The van der Waals surface area contributed by atoms with E-state index in [-0.39, 0.29) is 22.4 Å². The average molecular weight is 401 g/mol. The summed E-state index contributed by atoms with van der Waals surface area (Å²) in [5, 5.41) is 10.1. The first-order valence-corrected chi connectivity index (χ1v) is 9.74. The van der Waals surface area contributed by atoms with E-state index in [4.69, 9.17) is 0 Å². The van der Waals surface area contributed by atoms with E-state index < -0.39 is 27.9 Å². The third-order valence-corrected chi connectivity index (χ3v) is 5.56. The molecule has 0 aliphatic heterocycles. The summed E-state index contributed by atoms with van der Waals surface area (Å²) < 4.78 is 64.6. The molecule has 0 aliphatic carbocycles. The smallest absolute Gasteiger partial charge is 0.387 e. The number of alkyl halides is 3. The van der Waals surface area contributed by atoms with E-state index in [0.717, 1.165) is 29.8 Å². The quantitative estimate of drug-likeness (QED) is 0.795. The fraction of sp³-hybridized carbons (Fsp3) is 0.368. The van der Waals surface area contributed by atoms with Gasteiger partial charge in [0, 0.05) is 6.54 Å². The van der Waals surface area contributed by atoms with E-state index in [9.17, 15) is 26.7 Å². The Hall–Kier alpha value is -1.90. The molecule has 0 aliphatic rings. The second-order valence-electron chi connectivity index (χ2n) is 7.26. The van der Waals surface area contributed by atoms with Crippen LogP contribution in [0.2, 0.25) is 0 Å². The van der Waals surface area contributed by atoms with Gasteiger partial charge in [0.15, 0.2) is 0 Å². The van der Waals surface area contributed by atoms with Gasteiger partial charge in [0.05, 0.1) is 16.6 Å². The molecule has 2 aromatic carbocycles. The maximum absolute atomic E-state index is 12.6. The van der Waals surface area contributed by atoms with Crippen molar-refractivity contribution in [1.82, 2.24) is 4.72 Å². The molecule has 27 heavy (non-hydrogen) atoms. The maximum Gasteiger partial charge on any atom is 0.416 e. The number of hydrogen-bond acceptors (Lipinski definition) is 3. The zero-order chi connectivity index (χ0) is 20.5. The van der Waals surface area contributed by atoms with E-state index >= 15 is 0 Å². The van der Waals surface area contributed by atoms with Crippen molar-refractivity contribution in [3.63, 3.8) is 0 Å². The molecule has 0 aromatic heterocycles. The minimum Gasteiger partial charge on any atom is -0.387 e. The van der Waals surface area contributed by atoms with Gasteiger partial charge in [-0.25, -0.2) is 13.1 Å². The molecule has 1 atom stereocenters. The van der Waals surface area contributed by atoms with Gasteiger partial charge in [-0.05, 0) is 40.8 Å². The van der Waals surface area contributed by atoms with Crippen molar-refractivity contribution < 1.29 is 26.7 Å². The number of aliphatic hydroxyl groups is 1. The van der Waals surface area contributed by atoms with Gasteiger partial charge >= 0.3 is 6.18 Å². The molecule has 8 heteroatoms. The second-order valence-corrected chi connectivity index (χ2v) is 9.03. The fourth-order valence-corrected chi connectivity index (χ4v) is 3.46. The van der Waals surface area contributed by atoms with Gasteiger partial charge < -0.3 is 5.11 Å². The van der Waals surface area contributed by atoms with Crippen LogP contribution < -0.4 is 4.72 Å². The van der Waals surface area contributed by atoms with Crippen LogP contribution in [0, 0.1) is 0 Å². The SMILES string of the molecule is CC(C)(C)c1ccc(S(=O)(=O)NCC(O)c2ccc(C(F)(F)F)cc2)cc1. The van der Waals surface area contributed by atoms with Crippen molar-refractivity contribution in [1.29, 1.82) is 0 Å². The van der Waals surface area contributed by atoms with Gasteiger partial charge in [-0.3, -0.25) is 0 Å². The Bertz CT molecular complexity index is 868. The number of sulfonamides is 1. The van der Waals surface area contributed by atoms with Crippen LogP contribution in [-0.4, -0.2) is 20.1 Å². The van der Waals surface area contributed by atoms with Gasteiger partial charge in [-0.2, -0.15) is 13.2 Å². The van der Waals surface area contributed by atoms with Gasteiger partial charge in [-0.15, -0.1) is 0 Å². The predicted molar refractivity (Wildman–Crippen MR) is 96.7 cm³/mol. The molecule has 2 N–H and O–H groups in total. The lowest BCUT2D eigenvalue weighted by Crippen LogP contribution is -2.28. The van der Waals surface area contributed by atoms with Crippen molar-refractivity contribution in [3.8, 4) is 0 Å². The van der Waals surface area contributed by atoms with Crippen molar-refractivity contribution >= 4 is 10.0 Å². The summed E-state index contributed by atoms with van der Waals surface area (Å²) >= 11 is 0. The monoisotopic (exact) mass is 401 g/mol. The molecule has 0 radical (unpaired) electrons. The standard InChI is InChI=1S/C19H22F3NO3S/c1-18(2,3)14-8-10-16(11-9-14)27(25,26)23-12-17(24)13-4-6-15(7-5-13)19(20,21)22/h4-11,17,23-24H,12H2,1-3H3. The van der Waals surface area contributed by atoms with Crippen LogP contribution in [0.25, 0.3) is 0 Å². The molecule has 148 valence electrons. The van der Waals surface area contributed by atoms with Crippen LogP contribution in [0.15, 0.2) is 53.4 Å². The highest BCUT2D eigenvalue weighted by atomic mass is 32.2. The molecule has 2 rings (SSSR count).